The van der Waals surface area contributed by atoms with Gasteiger partial charge in [0.2, 0.25) is 0 Å². The number of H-pyrrole nitrogens is 1. The number of para-hydroxylation sites is 1. The normalized spacial score (nSPS) is 17.4. The van der Waals surface area contributed by atoms with Crippen LogP contribution < -0.4 is 5.32 Å². The Morgan fingerprint density at radius 2 is 2.19 bits per heavy atom. The van der Waals surface area contributed by atoms with Crippen molar-refractivity contribution in [2.45, 2.75) is 38.8 Å². The second kappa shape index (κ2) is 7.15. The summed E-state index contributed by atoms with van der Waals surface area (Å²) in [6.45, 7) is 3.04. The highest BCUT2D eigenvalue weighted by Crippen LogP contribution is 2.32. The molecule has 3 aromatic rings. The zero-order valence-corrected chi connectivity index (χ0v) is 14.9. The number of benzene rings is 1. The van der Waals surface area contributed by atoms with Crippen LogP contribution in [0.4, 0.5) is 4.79 Å². The minimum absolute atomic E-state index is 0.0374. The molecule has 1 fully saturated rings. The van der Waals surface area contributed by atoms with E-state index in [1.807, 2.05) is 30.0 Å². The third kappa shape index (κ3) is 3.40. The Morgan fingerprint density at radius 1 is 1.31 bits per heavy atom. The van der Waals surface area contributed by atoms with Crippen molar-refractivity contribution in [1.29, 1.82) is 0 Å². The van der Waals surface area contributed by atoms with Crippen LogP contribution in [0.1, 0.15) is 42.5 Å². The lowest BCUT2D eigenvalue weighted by molar-refractivity contribution is 0.149. The highest BCUT2D eigenvalue weighted by molar-refractivity contribution is 5.81. The first-order valence-corrected chi connectivity index (χ1v) is 9.11. The Hall–Kier alpha value is -2.89. The number of aromatic amines is 1. The van der Waals surface area contributed by atoms with E-state index in [2.05, 4.69) is 38.5 Å². The van der Waals surface area contributed by atoms with Gasteiger partial charge in [0.25, 0.3) is 0 Å². The molecule has 6 heteroatoms. The molecule has 1 aromatic carbocycles. The Labute approximate surface area is 152 Å². The minimum atomic E-state index is -0.0374. The van der Waals surface area contributed by atoms with Crippen LogP contribution in [0.15, 0.2) is 42.6 Å². The van der Waals surface area contributed by atoms with Crippen LogP contribution >= 0.6 is 0 Å². The highest BCUT2D eigenvalue weighted by atomic mass is 16.2. The first kappa shape index (κ1) is 16.6. The van der Waals surface area contributed by atoms with Crippen LogP contribution in [0.3, 0.4) is 0 Å². The van der Waals surface area contributed by atoms with Crippen LogP contribution in [0, 0.1) is 6.92 Å². The van der Waals surface area contributed by atoms with Gasteiger partial charge in [-0.3, -0.25) is 0 Å². The van der Waals surface area contributed by atoms with Crippen LogP contribution in [0.25, 0.3) is 10.9 Å². The predicted octanol–water partition coefficient (Wildman–Crippen LogP) is 3.70. The lowest BCUT2D eigenvalue weighted by atomic mass is 10.00. The molecule has 0 saturated carbocycles. The van der Waals surface area contributed by atoms with Gasteiger partial charge in [0.1, 0.15) is 5.82 Å². The molecule has 134 valence electrons. The van der Waals surface area contributed by atoms with Crippen LogP contribution in [0.2, 0.25) is 0 Å². The van der Waals surface area contributed by atoms with E-state index in [-0.39, 0.29) is 12.1 Å². The molecular weight excluding hydrogens is 326 g/mol. The van der Waals surface area contributed by atoms with Gasteiger partial charge in [-0.05, 0) is 49.8 Å². The molecule has 1 saturated heterocycles. The van der Waals surface area contributed by atoms with Crippen LogP contribution in [-0.2, 0) is 6.54 Å². The number of carbonyl (C=O) groups excluding carboxylic acids is 1. The monoisotopic (exact) mass is 349 g/mol. The fourth-order valence-electron chi connectivity index (χ4n) is 3.64. The van der Waals surface area contributed by atoms with Crippen molar-refractivity contribution in [3.8, 4) is 0 Å². The van der Waals surface area contributed by atoms with Crippen molar-refractivity contribution < 1.29 is 4.79 Å². The molecule has 2 aromatic heterocycles. The van der Waals surface area contributed by atoms with E-state index in [1.54, 1.807) is 6.20 Å². The number of urea groups is 1. The van der Waals surface area contributed by atoms with E-state index in [9.17, 15) is 4.79 Å². The number of fused-ring (bicyclic) bond motifs is 1. The lowest BCUT2D eigenvalue weighted by Crippen LogP contribution is -2.44. The van der Waals surface area contributed by atoms with E-state index in [0.29, 0.717) is 12.4 Å². The molecule has 3 heterocycles. The molecule has 0 spiro atoms. The van der Waals surface area contributed by atoms with Gasteiger partial charge in [-0.1, -0.05) is 18.2 Å². The van der Waals surface area contributed by atoms with E-state index >= 15 is 0 Å². The smallest absolute Gasteiger partial charge is 0.318 e. The summed E-state index contributed by atoms with van der Waals surface area (Å²) in [4.78, 5) is 26.7. The summed E-state index contributed by atoms with van der Waals surface area (Å²) in [5, 5.41) is 4.20. The van der Waals surface area contributed by atoms with Crippen molar-refractivity contribution >= 4 is 16.9 Å². The number of aryl methyl sites for hydroxylation is 1. The largest absolute Gasteiger partial charge is 0.357 e. The molecular formula is C20H23N5O. The Morgan fingerprint density at radius 3 is 3.04 bits per heavy atom. The van der Waals surface area contributed by atoms with Gasteiger partial charge in [0, 0.05) is 24.0 Å². The average Bonchev–Trinajstić information content (AvgIpc) is 3.10. The Balaban J connectivity index is 1.50. The molecule has 1 unspecified atom stereocenters. The zero-order chi connectivity index (χ0) is 17.9. The number of amides is 2. The maximum absolute atomic E-state index is 12.8. The summed E-state index contributed by atoms with van der Waals surface area (Å²) in [6.07, 6.45) is 4.87. The molecule has 2 N–H and O–H groups in total. The molecule has 0 aliphatic carbocycles. The van der Waals surface area contributed by atoms with Crippen LogP contribution in [0.5, 0.6) is 0 Å². The Kier molecular flexibility index (Phi) is 4.56. The lowest BCUT2D eigenvalue weighted by Gasteiger charge is -2.35. The van der Waals surface area contributed by atoms with Gasteiger partial charge in [0.15, 0.2) is 0 Å². The summed E-state index contributed by atoms with van der Waals surface area (Å²) in [7, 11) is 0. The molecule has 0 bridgehead atoms. The first-order valence-electron chi connectivity index (χ1n) is 9.11. The second-order valence-electron chi connectivity index (χ2n) is 6.77. The summed E-state index contributed by atoms with van der Waals surface area (Å²) >= 11 is 0. The topological polar surface area (TPSA) is 73.9 Å². The fourth-order valence-corrected chi connectivity index (χ4v) is 3.64. The number of aromatic nitrogens is 3. The molecule has 1 atom stereocenters. The maximum Gasteiger partial charge on any atom is 0.318 e. The van der Waals surface area contributed by atoms with Gasteiger partial charge < -0.3 is 15.2 Å². The number of hydrogen-bond donors (Lipinski definition) is 2. The fraction of sp³-hybridized carbons (Fsp3) is 0.350. The van der Waals surface area contributed by atoms with E-state index in [0.717, 1.165) is 42.7 Å². The average molecular weight is 349 g/mol. The zero-order valence-electron chi connectivity index (χ0n) is 14.9. The SMILES string of the molecule is Cc1nccc(CNC(=O)N2CCCCC2c2cc3ccccc3[nH]2)n1. The standard InChI is InChI=1S/C20H23N5O/c1-14-21-10-9-16(23-14)13-22-20(26)25-11-5-4-8-19(25)18-12-15-6-2-3-7-17(15)24-18/h2-3,6-7,9-10,12,19,24H,4-5,8,11,13H2,1H3,(H,22,26). The van der Waals surface area contributed by atoms with Crippen molar-refractivity contribution in [3.63, 3.8) is 0 Å². The molecule has 2 amide bonds. The van der Waals surface area contributed by atoms with Crippen LogP contribution in [-0.4, -0.2) is 32.4 Å². The van der Waals surface area contributed by atoms with Crippen molar-refractivity contribution in [2.24, 2.45) is 0 Å². The van der Waals surface area contributed by atoms with E-state index in [1.165, 1.54) is 5.39 Å². The molecule has 1 aliphatic heterocycles. The molecule has 0 radical (unpaired) electrons. The van der Waals surface area contributed by atoms with Gasteiger partial charge >= 0.3 is 6.03 Å². The number of carbonyl (C=O) groups is 1. The number of piperidine rings is 1. The summed E-state index contributed by atoms with van der Waals surface area (Å²) in [5.74, 6) is 0.714. The van der Waals surface area contributed by atoms with E-state index < -0.39 is 0 Å². The summed E-state index contributed by atoms with van der Waals surface area (Å²) < 4.78 is 0. The number of likely N-dealkylation sites (tertiary alicyclic amines) is 1. The second-order valence-corrected chi connectivity index (χ2v) is 6.77. The Bertz CT molecular complexity index is 886. The first-order chi connectivity index (χ1) is 12.7. The van der Waals surface area contributed by atoms with Crippen molar-refractivity contribution in [3.05, 3.63) is 59.8 Å². The van der Waals surface area contributed by atoms with Crippen molar-refractivity contribution in [1.82, 2.24) is 25.2 Å². The molecule has 1 aliphatic rings. The maximum atomic E-state index is 12.8. The number of nitrogens with one attached hydrogen (secondary N) is 2. The van der Waals surface area contributed by atoms with Gasteiger partial charge in [-0.25, -0.2) is 14.8 Å². The number of nitrogens with zero attached hydrogens (tertiary/aromatic N) is 3. The molecule has 6 nitrogen and oxygen atoms in total. The minimum Gasteiger partial charge on any atom is -0.357 e. The van der Waals surface area contributed by atoms with Gasteiger partial charge in [0.05, 0.1) is 18.3 Å². The number of rotatable bonds is 3. The molecule has 26 heavy (non-hydrogen) atoms. The third-order valence-corrected chi connectivity index (χ3v) is 4.93. The van der Waals surface area contributed by atoms with Gasteiger partial charge in [-0.15, -0.1) is 0 Å². The summed E-state index contributed by atoms with van der Waals surface area (Å²) in [6, 6.07) is 12.3. The van der Waals surface area contributed by atoms with Gasteiger partial charge in [-0.2, -0.15) is 0 Å². The molecule has 4 rings (SSSR count). The summed E-state index contributed by atoms with van der Waals surface area (Å²) in [5.41, 5.74) is 3.05. The van der Waals surface area contributed by atoms with E-state index in [4.69, 9.17) is 0 Å². The third-order valence-electron chi connectivity index (χ3n) is 4.93. The predicted molar refractivity (Wildman–Crippen MR) is 101 cm³/mol. The number of hydrogen-bond acceptors (Lipinski definition) is 3. The quantitative estimate of drug-likeness (QED) is 0.757. The highest BCUT2D eigenvalue weighted by Gasteiger charge is 2.29. The van der Waals surface area contributed by atoms with Crippen molar-refractivity contribution in [2.75, 3.05) is 6.54 Å².